The molecule has 0 amide bonds. The highest BCUT2D eigenvalue weighted by molar-refractivity contribution is 7.00. The van der Waals surface area contributed by atoms with E-state index < -0.39 is 8.32 Å². The van der Waals surface area contributed by atoms with Gasteiger partial charge >= 0.3 is 8.32 Å². The van der Waals surface area contributed by atoms with Crippen molar-refractivity contribution in [2.24, 2.45) is 5.11 Å². The second-order valence-corrected chi connectivity index (χ2v) is 13.5. The molecule has 0 heterocycles. The molecule has 3 aromatic carbocycles. The lowest BCUT2D eigenvalue weighted by atomic mass is 9.88. The zero-order valence-electron chi connectivity index (χ0n) is 18.5. The Labute approximate surface area is 185 Å². The number of nitrogens with zero attached hydrogens (tertiary/aromatic N) is 3. The molecule has 0 radical (unpaired) electrons. The summed E-state index contributed by atoms with van der Waals surface area (Å²) in [4.78, 5) is 3.09. The summed E-state index contributed by atoms with van der Waals surface area (Å²) in [6, 6.07) is 27.6. The molecule has 1 unspecified atom stereocenters. The zero-order valence-corrected chi connectivity index (χ0v) is 19.5. The van der Waals surface area contributed by atoms with Gasteiger partial charge in [0.2, 0.25) is 0 Å². The number of fused-ring (bicyclic) bond motifs is 1. The van der Waals surface area contributed by atoms with Crippen LogP contribution in [0, 0.1) is 0 Å². The van der Waals surface area contributed by atoms with Crippen molar-refractivity contribution in [1.82, 2.24) is 0 Å². The Balaban J connectivity index is 1.88. The van der Waals surface area contributed by atoms with Crippen LogP contribution >= 0.6 is 0 Å². The summed E-state index contributed by atoms with van der Waals surface area (Å²) in [5.41, 5.74) is 11.4. The van der Waals surface area contributed by atoms with Gasteiger partial charge in [0.05, 0.1) is 6.04 Å². The van der Waals surface area contributed by atoms with E-state index in [1.807, 2.05) is 0 Å². The Kier molecular flexibility index (Phi) is 5.90. The van der Waals surface area contributed by atoms with Crippen LogP contribution in [0.3, 0.4) is 0 Å². The van der Waals surface area contributed by atoms with E-state index in [0.29, 0.717) is 0 Å². The Hall–Kier alpha value is -3.01. The van der Waals surface area contributed by atoms with Gasteiger partial charge in [-0.25, -0.2) is 0 Å². The molecule has 0 aliphatic heterocycles. The van der Waals surface area contributed by atoms with Crippen LogP contribution < -0.4 is 14.8 Å². The molecule has 4 rings (SSSR count). The van der Waals surface area contributed by atoms with Gasteiger partial charge in [-0.15, -0.1) is 0 Å². The Morgan fingerprint density at radius 1 is 0.935 bits per heavy atom. The minimum absolute atomic E-state index is 0.101. The van der Waals surface area contributed by atoms with Crippen molar-refractivity contribution in [3.8, 4) is 5.75 Å². The van der Waals surface area contributed by atoms with Crippen LogP contribution in [0.25, 0.3) is 10.4 Å². The van der Waals surface area contributed by atoms with Gasteiger partial charge in [0.1, 0.15) is 5.75 Å². The second-order valence-electron chi connectivity index (χ2n) is 9.24. The van der Waals surface area contributed by atoms with E-state index in [1.54, 1.807) is 0 Å². The first-order valence-corrected chi connectivity index (χ1v) is 12.8. The molecule has 1 aliphatic rings. The molecule has 1 atom stereocenters. The second kappa shape index (κ2) is 8.62. The van der Waals surface area contributed by atoms with Crippen molar-refractivity contribution >= 4 is 18.7 Å². The zero-order chi connectivity index (χ0) is 21.9. The van der Waals surface area contributed by atoms with E-state index in [-0.39, 0.29) is 11.1 Å². The summed E-state index contributed by atoms with van der Waals surface area (Å²) in [5, 5.41) is 6.46. The maximum absolute atomic E-state index is 9.04. The Morgan fingerprint density at radius 2 is 1.55 bits per heavy atom. The van der Waals surface area contributed by atoms with E-state index in [4.69, 9.17) is 9.96 Å². The third-order valence-electron chi connectivity index (χ3n) is 6.28. The fraction of sp³-hybridized carbons (Fsp3) is 0.308. The summed E-state index contributed by atoms with van der Waals surface area (Å²) in [6.45, 7) is 6.83. The lowest BCUT2D eigenvalue weighted by molar-refractivity contribution is 0.502. The molecule has 0 fully saturated rings. The number of rotatable bonds is 5. The number of aryl methyl sites for hydroxylation is 1. The number of benzene rings is 3. The summed E-state index contributed by atoms with van der Waals surface area (Å²) in [5.74, 6) is 0.855. The largest absolute Gasteiger partial charge is 0.534 e. The highest BCUT2D eigenvalue weighted by Crippen LogP contribution is 2.40. The van der Waals surface area contributed by atoms with Crippen LogP contribution in [0.5, 0.6) is 5.75 Å². The van der Waals surface area contributed by atoms with Crippen molar-refractivity contribution in [3.05, 3.63) is 100 Å². The highest BCUT2D eigenvalue weighted by atomic mass is 28.4. The smallest absolute Gasteiger partial charge is 0.319 e. The molecule has 0 saturated heterocycles. The molecule has 0 aromatic heterocycles. The summed E-state index contributed by atoms with van der Waals surface area (Å²) in [6.07, 6.45) is 2.96. The number of hydrogen-bond donors (Lipinski definition) is 0. The predicted octanol–water partition coefficient (Wildman–Crippen LogP) is 6.31. The number of azide groups is 1. The first-order valence-electron chi connectivity index (χ1n) is 10.9. The average molecular weight is 428 g/mol. The van der Waals surface area contributed by atoms with Crippen LogP contribution in [0.1, 0.15) is 50.8 Å². The van der Waals surface area contributed by atoms with Crippen molar-refractivity contribution < 1.29 is 4.43 Å². The van der Waals surface area contributed by atoms with Gasteiger partial charge in [-0.2, -0.15) is 0 Å². The van der Waals surface area contributed by atoms with Gasteiger partial charge < -0.3 is 4.43 Å². The van der Waals surface area contributed by atoms with Crippen molar-refractivity contribution in [2.75, 3.05) is 0 Å². The topological polar surface area (TPSA) is 58.0 Å². The molecular weight excluding hydrogens is 398 g/mol. The molecule has 3 aromatic rings. The highest BCUT2D eigenvalue weighted by Gasteiger charge is 2.52. The number of hydrogen-bond acceptors (Lipinski definition) is 2. The first-order chi connectivity index (χ1) is 15.0. The van der Waals surface area contributed by atoms with E-state index in [1.165, 1.54) is 15.9 Å². The molecule has 158 valence electrons. The molecular formula is C26H29N3OSi. The molecule has 1 aliphatic carbocycles. The van der Waals surface area contributed by atoms with Gasteiger partial charge in [-0.3, -0.25) is 0 Å². The van der Waals surface area contributed by atoms with Crippen molar-refractivity contribution in [1.29, 1.82) is 0 Å². The van der Waals surface area contributed by atoms with Crippen LogP contribution in [0.2, 0.25) is 5.04 Å². The summed E-state index contributed by atoms with van der Waals surface area (Å²) >= 11 is 0. The van der Waals surface area contributed by atoms with Gasteiger partial charge in [-0.05, 0) is 63.5 Å². The average Bonchev–Trinajstić information content (AvgIpc) is 2.78. The van der Waals surface area contributed by atoms with Crippen LogP contribution in [-0.4, -0.2) is 8.32 Å². The normalized spacial score (nSPS) is 16.2. The minimum Gasteiger partial charge on any atom is -0.534 e. The minimum atomic E-state index is -2.68. The summed E-state index contributed by atoms with van der Waals surface area (Å²) in [7, 11) is -2.68. The van der Waals surface area contributed by atoms with Gasteiger partial charge in [0, 0.05) is 4.91 Å². The van der Waals surface area contributed by atoms with E-state index in [0.717, 1.165) is 30.6 Å². The fourth-order valence-corrected chi connectivity index (χ4v) is 9.24. The molecule has 0 saturated carbocycles. The molecule has 0 spiro atoms. The quantitative estimate of drug-likeness (QED) is 0.204. The van der Waals surface area contributed by atoms with E-state index in [9.17, 15) is 0 Å². The van der Waals surface area contributed by atoms with Crippen LogP contribution in [0.4, 0.5) is 0 Å². The van der Waals surface area contributed by atoms with Gasteiger partial charge in [0.15, 0.2) is 0 Å². The van der Waals surface area contributed by atoms with E-state index >= 15 is 0 Å². The lowest BCUT2D eigenvalue weighted by Gasteiger charge is -2.43. The monoisotopic (exact) mass is 427 g/mol. The Morgan fingerprint density at radius 3 is 2.10 bits per heavy atom. The molecule has 4 nitrogen and oxygen atoms in total. The lowest BCUT2D eigenvalue weighted by Crippen LogP contribution is -2.68. The molecule has 0 bridgehead atoms. The van der Waals surface area contributed by atoms with E-state index in [2.05, 4.69) is 110 Å². The fourth-order valence-electron chi connectivity index (χ4n) is 4.82. The van der Waals surface area contributed by atoms with Gasteiger partial charge in [-0.1, -0.05) is 92.6 Å². The molecule has 31 heavy (non-hydrogen) atoms. The predicted molar refractivity (Wildman–Crippen MR) is 130 cm³/mol. The Bertz CT molecular complexity index is 1050. The van der Waals surface area contributed by atoms with Crippen LogP contribution in [0.15, 0.2) is 84.0 Å². The van der Waals surface area contributed by atoms with Crippen LogP contribution in [-0.2, 0) is 6.42 Å². The third kappa shape index (κ3) is 3.99. The van der Waals surface area contributed by atoms with Crippen molar-refractivity contribution in [3.63, 3.8) is 0 Å². The maximum atomic E-state index is 9.04. The standard InChI is InChI=1S/C26H29N3OSi/c1-26(2,3)31(22-12-6-4-7-13-22,23-14-8-5-9-15-23)30-21-18-17-20-11-10-16-25(28-29-27)24(20)19-21/h4-9,12-15,17-19,25H,10-11,16H2,1-3H3. The third-order valence-corrected chi connectivity index (χ3v) is 11.2. The molecule has 5 heteroatoms. The van der Waals surface area contributed by atoms with Gasteiger partial charge in [0.25, 0.3) is 0 Å². The maximum Gasteiger partial charge on any atom is 0.319 e. The van der Waals surface area contributed by atoms with Crippen molar-refractivity contribution in [2.45, 2.75) is 51.1 Å². The molecule has 0 N–H and O–H groups in total. The SMILES string of the molecule is CC(C)(C)[Si](Oc1ccc2c(c1)C(N=[N+]=[N-])CCC2)(c1ccccc1)c1ccccc1. The summed E-state index contributed by atoms with van der Waals surface area (Å²) < 4.78 is 7.14. The first kappa shape index (κ1) is 21.2.